The second-order valence-electron chi connectivity index (χ2n) is 5.41. The Labute approximate surface area is 149 Å². The van der Waals surface area contributed by atoms with E-state index in [0.29, 0.717) is 10.7 Å². The van der Waals surface area contributed by atoms with E-state index in [2.05, 4.69) is 34.6 Å². The van der Waals surface area contributed by atoms with E-state index >= 15 is 0 Å². The standard InChI is InChI=1S/C18H17N3OS2/c1-12-7-9-14(10-8-12)16(22)19-17-20-21-18(24-17)23-11-15-6-4-3-5-13(15)2/h3-10H,11H2,1-2H3,(H,19,20,22). The molecule has 0 aliphatic rings. The van der Waals surface area contributed by atoms with Crippen LogP contribution in [0.1, 0.15) is 27.0 Å². The molecule has 0 saturated heterocycles. The van der Waals surface area contributed by atoms with Gasteiger partial charge in [-0.25, -0.2) is 0 Å². The van der Waals surface area contributed by atoms with E-state index in [1.54, 1.807) is 23.9 Å². The molecule has 3 aromatic rings. The summed E-state index contributed by atoms with van der Waals surface area (Å²) in [6, 6.07) is 15.7. The van der Waals surface area contributed by atoms with Crippen molar-refractivity contribution in [1.29, 1.82) is 0 Å². The molecule has 1 heterocycles. The van der Waals surface area contributed by atoms with E-state index in [1.165, 1.54) is 22.5 Å². The zero-order valence-corrected chi connectivity index (χ0v) is 15.1. The van der Waals surface area contributed by atoms with Gasteiger partial charge in [-0.15, -0.1) is 10.2 Å². The Morgan fingerprint density at radius 3 is 2.58 bits per heavy atom. The van der Waals surface area contributed by atoms with Gasteiger partial charge in [0.15, 0.2) is 4.34 Å². The number of hydrogen-bond acceptors (Lipinski definition) is 5. The predicted octanol–water partition coefficient (Wildman–Crippen LogP) is 4.70. The van der Waals surface area contributed by atoms with Crippen LogP contribution >= 0.6 is 23.1 Å². The number of hydrogen-bond donors (Lipinski definition) is 1. The number of anilines is 1. The highest BCUT2D eigenvalue weighted by Gasteiger charge is 2.11. The van der Waals surface area contributed by atoms with E-state index in [9.17, 15) is 4.79 Å². The summed E-state index contributed by atoms with van der Waals surface area (Å²) < 4.78 is 0.845. The summed E-state index contributed by atoms with van der Waals surface area (Å²) in [5.41, 5.74) is 4.28. The summed E-state index contributed by atoms with van der Waals surface area (Å²) in [5, 5.41) is 11.5. The first-order chi connectivity index (χ1) is 11.6. The molecular formula is C18H17N3OS2. The number of aromatic nitrogens is 2. The molecule has 0 radical (unpaired) electrons. The number of amides is 1. The van der Waals surface area contributed by atoms with Crippen molar-refractivity contribution in [1.82, 2.24) is 10.2 Å². The van der Waals surface area contributed by atoms with Crippen molar-refractivity contribution in [3.05, 3.63) is 70.8 Å². The first-order valence-electron chi connectivity index (χ1n) is 7.50. The van der Waals surface area contributed by atoms with Crippen LogP contribution in [0.5, 0.6) is 0 Å². The average molecular weight is 355 g/mol. The molecule has 1 amide bonds. The van der Waals surface area contributed by atoms with Crippen LogP contribution in [-0.4, -0.2) is 16.1 Å². The zero-order valence-electron chi connectivity index (χ0n) is 13.4. The molecule has 0 atom stereocenters. The lowest BCUT2D eigenvalue weighted by Crippen LogP contribution is -2.11. The van der Waals surface area contributed by atoms with E-state index < -0.39 is 0 Å². The molecule has 24 heavy (non-hydrogen) atoms. The number of aryl methyl sites for hydroxylation is 2. The monoisotopic (exact) mass is 355 g/mol. The van der Waals surface area contributed by atoms with Gasteiger partial charge in [-0.1, -0.05) is 65.1 Å². The summed E-state index contributed by atoms with van der Waals surface area (Å²) in [4.78, 5) is 12.2. The van der Waals surface area contributed by atoms with Gasteiger partial charge < -0.3 is 0 Å². The van der Waals surface area contributed by atoms with Crippen LogP contribution in [0.3, 0.4) is 0 Å². The van der Waals surface area contributed by atoms with Crippen LogP contribution in [0, 0.1) is 13.8 Å². The van der Waals surface area contributed by atoms with E-state index in [-0.39, 0.29) is 5.91 Å². The van der Waals surface area contributed by atoms with Gasteiger partial charge in [0.25, 0.3) is 5.91 Å². The number of rotatable bonds is 5. The molecule has 2 aromatic carbocycles. The maximum Gasteiger partial charge on any atom is 0.257 e. The Morgan fingerprint density at radius 1 is 1.08 bits per heavy atom. The first kappa shape index (κ1) is 16.7. The van der Waals surface area contributed by atoms with Gasteiger partial charge in [-0.2, -0.15) is 0 Å². The Bertz CT molecular complexity index is 843. The molecule has 122 valence electrons. The van der Waals surface area contributed by atoms with E-state index in [1.807, 2.05) is 31.2 Å². The highest BCUT2D eigenvalue weighted by atomic mass is 32.2. The molecule has 0 spiro atoms. The Kier molecular flexibility index (Phi) is 5.27. The summed E-state index contributed by atoms with van der Waals surface area (Å²) in [6.07, 6.45) is 0. The van der Waals surface area contributed by atoms with Gasteiger partial charge in [-0.05, 0) is 37.1 Å². The highest BCUT2D eigenvalue weighted by molar-refractivity contribution is 8.00. The zero-order chi connectivity index (χ0) is 16.9. The van der Waals surface area contributed by atoms with Crippen molar-refractivity contribution < 1.29 is 4.79 Å². The quantitative estimate of drug-likeness (QED) is 0.532. The molecule has 0 fully saturated rings. The molecule has 4 nitrogen and oxygen atoms in total. The van der Waals surface area contributed by atoms with Crippen molar-refractivity contribution in [2.45, 2.75) is 23.9 Å². The third-order valence-electron chi connectivity index (χ3n) is 3.55. The van der Waals surface area contributed by atoms with Crippen molar-refractivity contribution in [3.8, 4) is 0 Å². The van der Waals surface area contributed by atoms with Gasteiger partial charge in [0.2, 0.25) is 5.13 Å². The topological polar surface area (TPSA) is 54.9 Å². The second-order valence-corrected chi connectivity index (χ2v) is 7.61. The second kappa shape index (κ2) is 7.59. The normalized spacial score (nSPS) is 10.6. The van der Waals surface area contributed by atoms with Crippen LogP contribution in [0.2, 0.25) is 0 Å². The molecule has 0 bridgehead atoms. The summed E-state index contributed by atoms with van der Waals surface area (Å²) in [7, 11) is 0. The Morgan fingerprint density at radius 2 is 1.83 bits per heavy atom. The summed E-state index contributed by atoms with van der Waals surface area (Å²) in [5.74, 6) is 0.675. The molecule has 6 heteroatoms. The lowest BCUT2D eigenvalue weighted by molar-refractivity contribution is 0.102. The minimum Gasteiger partial charge on any atom is -0.296 e. The molecule has 0 saturated carbocycles. The summed E-state index contributed by atoms with van der Waals surface area (Å²) in [6.45, 7) is 4.09. The number of carbonyl (C=O) groups excluding carboxylic acids is 1. The van der Waals surface area contributed by atoms with Gasteiger partial charge in [0.1, 0.15) is 0 Å². The SMILES string of the molecule is Cc1ccc(C(=O)Nc2nnc(SCc3ccccc3C)s2)cc1. The van der Waals surface area contributed by atoms with Crippen LogP contribution in [0.15, 0.2) is 52.9 Å². The van der Waals surface area contributed by atoms with Crippen LogP contribution in [0.25, 0.3) is 0 Å². The Balaban J connectivity index is 1.60. The highest BCUT2D eigenvalue weighted by Crippen LogP contribution is 2.29. The van der Waals surface area contributed by atoms with E-state index in [0.717, 1.165) is 15.7 Å². The predicted molar refractivity (Wildman–Crippen MR) is 99.8 cm³/mol. The minimum absolute atomic E-state index is 0.165. The smallest absolute Gasteiger partial charge is 0.257 e. The fourth-order valence-corrected chi connectivity index (χ4v) is 3.93. The fourth-order valence-electron chi connectivity index (χ4n) is 2.10. The van der Waals surface area contributed by atoms with Crippen molar-refractivity contribution in [2.24, 2.45) is 0 Å². The number of carbonyl (C=O) groups is 1. The molecule has 0 unspecified atom stereocenters. The lowest BCUT2D eigenvalue weighted by atomic mass is 10.1. The molecular weight excluding hydrogens is 338 g/mol. The third-order valence-corrected chi connectivity index (χ3v) is 5.57. The van der Waals surface area contributed by atoms with Crippen molar-refractivity contribution in [2.75, 3.05) is 5.32 Å². The largest absolute Gasteiger partial charge is 0.296 e. The van der Waals surface area contributed by atoms with Gasteiger partial charge in [0, 0.05) is 11.3 Å². The molecule has 3 rings (SSSR count). The number of nitrogens with zero attached hydrogens (tertiary/aromatic N) is 2. The maximum absolute atomic E-state index is 12.2. The van der Waals surface area contributed by atoms with Crippen molar-refractivity contribution >= 4 is 34.1 Å². The van der Waals surface area contributed by atoms with Crippen LogP contribution < -0.4 is 5.32 Å². The van der Waals surface area contributed by atoms with Gasteiger partial charge >= 0.3 is 0 Å². The van der Waals surface area contributed by atoms with Gasteiger partial charge in [-0.3, -0.25) is 10.1 Å². The maximum atomic E-state index is 12.2. The molecule has 0 aliphatic heterocycles. The van der Waals surface area contributed by atoms with Crippen LogP contribution in [-0.2, 0) is 5.75 Å². The fraction of sp³-hybridized carbons (Fsp3) is 0.167. The number of benzene rings is 2. The summed E-state index contributed by atoms with van der Waals surface area (Å²) >= 11 is 3.02. The molecule has 0 aliphatic carbocycles. The lowest BCUT2D eigenvalue weighted by Gasteiger charge is -2.02. The van der Waals surface area contributed by atoms with Crippen LogP contribution in [0.4, 0.5) is 5.13 Å². The first-order valence-corrected chi connectivity index (χ1v) is 9.31. The number of thioether (sulfide) groups is 1. The third kappa shape index (κ3) is 4.21. The number of nitrogens with one attached hydrogen (secondary N) is 1. The Hall–Kier alpha value is -2.18. The minimum atomic E-state index is -0.165. The van der Waals surface area contributed by atoms with E-state index in [4.69, 9.17) is 0 Å². The van der Waals surface area contributed by atoms with Gasteiger partial charge in [0.05, 0.1) is 0 Å². The van der Waals surface area contributed by atoms with Crippen molar-refractivity contribution in [3.63, 3.8) is 0 Å². The molecule has 1 N–H and O–H groups in total. The molecule has 1 aromatic heterocycles. The average Bonchev–Trinajstić information content (AvgIpc) is 3.02.